The first-order chi connectivity index (χ1) is 9.78. The van der Waals surface area contributed by atoms with Gasteiger partial charge in [0.15, 0.2) is 5.65 Å². The number of nitrogens with zero attached hydrogens (tertiary/aromatic N) is 4. The lowest BCUT2D eigenvalue weighted by molar-refractivity contribution is 0.0943. The highest BCUT2D eigenvalue weighted by Crippen LogP contribution is 2.10. The Hall–Kier alpha value is -2.28. The van der Waals surface area contributed by atoms with E-state index < -0.39 is 0 Å². The van der Waals surface area contributed by atoms with Crippen LogP contribution >= 0.6 is 11.3 Å². The molecule has 20 heavy (non-hydrogen) atoms. The molecule has 3 heterocycles. The lowest BCUT2D eigenvalue weighted by atomic mass is 10.3. The van der Waals surface area contributed by atoms with Crippen LogP contribution < -0.4 is 5.32 Å². The van der Waals surface area contributed by atoms with Crippen LogP contribution in [0.3, 0.4) is 0 Å². The van der Waals surface area contributed by atoms with Crippen molar-refractivity contribution in [3.8, 4) is 0 Å². The SMILES string of the molecule is CCc1csc(CNC(=O)c2cccc3ncnn23)n1. The first kappa shape index (κ1) is 12.7. The number of pyridine rings is 1. The first-order valence-corrected chi connectivity index (χ1v) is 7.16. The molecule has 0 atom stereocenters. The number of hydrogen-bond acceptors (Lipinski definition) is 5. The van der Waals surface area contributed by atoms with Gasteiger partial charge in [-0.15, -0.1) is 11.3 Å². The predicted molar refractivity (Wildman–Crippen MR) is 75.6 cm³/mol. The minimum absolute atomic E-state index is 0.186. The van der Waals surface area contributed by atoms with Crippen molar-refractivity contribution in [3.05, 3.63) is 46.3 Å². The highest BCUT2D eigenvalue weighted by molar-refractivity contribution is 7.09. The van der Waals surface area contributed by atoms with Gasteiger partial charge in [-0.1, -0.05) is 13.0 Å². The van der Waals surface area contributed by atoms with Gasteiger partial charge in [-0.25, -0.2) is 14.5 Å². The van der Waals surface area contributed by atoms with Crippen LogP contribution in [0.2, 0.25) is 0 Å². The number of amides is 1. The van der Waals surface area contributed by atoms with Gasteiger partial charge in [0.25, 0.3) is 5.91 Å². The molecule has 3 aromatic rings. The van der Waals surface area contributed by atoms with E-state index in [-0.39, 0.29) is 5.91 Å². The van der Waals surface area contributed by atoms with Crippen LogP contribution in [0.25, 0.3) is 5.65 Å². The lowest BCUT2D eigenvalue weighted by Gasteiger charge is -2.04. The number of aromatic nitrogens is 4. The van der Waals surface area contributed by atoms with Crippen molar-refractivity contribution < 1.29 is 4.79 Å². The van der Waals surface area contributed by atoms with Crippen molar-refractivity contribution in [3.63, 3.8) is 0 Å². The standard InChI is InChI=1S/C13H13N5OS/c1-2-9-7-20-12(17-9)6-14-13(19)10-4-3-5-11-15-8-16-18(10)11/h3-5,7-8H,2,6H2,1H3,(H,14,19). The Balaban J connectivity index is 1.74. The van der Waals surface area contributed by atoms with E-state index in [1.54, 1.807) is 29.5 Å². The molecule has 0 bridgehead atoms. The van der Waals surface area contributed by atoms with Crippen molar-refractivity contribution in [2.45, 2.75) is 19.9 Å². The molecule has 7 heteroatoms. The third kappa shape index (κ3) is 2.39. The van der Waals surface area contributed by atoms with E-state index in [0.29, 0.717) is 17.9 Å². The number of nitrogens with one attached hydrogen (secondary N) is 1. The second-order valence-electron chi connectivity index (χ2n) is 4.21. The smallest absolute Gasteiger partial charge is 0.270 e. The molecule has 0 aromatic carbocycles. The zero-order chi connectivity index (χ0) is 13.9. The Kier molecular flexibility index (Phi) is 3.42. The monoisotopic (exact) mass is 287 g/mol. The summed E-state index contributed by atoms with van der Waals surface area (Å²) in [5.41, 5.74) is 2.17. The molecule has 0 unspecified atom stereocenters. The summed E-state index contributed by atoms with van der Waals surface area (Å²) in [7, 11) is 0. The number of fused-ring (bicyclic) bond motifs is 1. The van der Waals surface area contributed by atoms with Crippen LogP contribution in [0.1, 0.15) is 28.1 Å². The minimum Gasteiger partial charge on any atom is -0.344 e. The van der Waals surface area contributed by atoms with E-state index in [0.717, 1.165) is 17.1 Å². The van der Waals surface area contributed by atoms with E-state index >= 15 is 0 Å². The molecule has 6 nitrogen and oxygen atoms in total. The summed E-state index contributed by atoms with van der Waals surface area (Å²) in [5, 5.41) is 9.82. The maximum atomic E-state index is 12.2. The summed E-state index contributed by atoms with van der Waals surface area (Å²) < 4.78 is 1.52. The Morgan fingerprint density at radius 3 is 3.15 bits per heavy atom. The van der Waals surface area contributed by atoms with Crippen LogP contribution in [0, 0.1) is 0 Å². The van der Waals surface area contributed by atoms with Gasteiger partial charge >= 0.3 is 0 Å². The molecule has 3 rings (SSSR count). The minimum atomic E-state index is -0.186. The van der Waals surface area contributed by atoms with Gasteiger partial charge < -0.3 is 5.32 Å². The summed E-state index contributed by atoms with van der Waals surface area (Å²) in [5.74, 6) is -0.186. The molecular weight excluding hydrogens is 274 g/mol. The number of hydrogen-bond donors (Lipinski definition) is 1. The van der Waals surface area contributed by atoms with Crippen LogP contribution in [-0.2, 0) is 13.0 Å². The van der Waals surface area contributed by atoms with Crippen molar-refractivity contribution in [2.75, 3.05) is 0 Å². The van der Waals surface area contributed by atoms with Crippen molar-refractivity contribution in [1.82, 2.24) is 24.9 Å². The molecule has 1 amide bonds. The fourth-order valence-corrected chi connectivity index (χ4v) is 2.67. The fraction of sp³-hybridized carbons (Fsp3) is 0.231. The molecule has 0 saturated heterocycles. The molecule has 0 spiro atoms. The largest absolute Gasteiger partial charge is 0.344 e. The molecule has 0 aliphatic carbocycles. The molecular formula is C13H13N5OS. The van der Waals surface area contributed by atoms with Gasteiger partial charge in [0.1, 0.15) is 17.0 Å². The highest BCUT2D eigenvalue weighted by atomic mass is 32.1. The van der Waals surface area contributed by atoms with Crippen LogP contribution in [0.4, 0.5) is 0 Å². The highest BCUT2D eigenvalue weighted by Gasteiger charge is 2.11. The zero-order valence-corrected chi connectivity index (χ0v) is 11.7. The number of carbonyl (C=O) groups excluding carboxylic acids is 1. The maximum Gasteiger partial charge on any atom is 0.270 e. The molecule has 0 fully saturated rings. The van der Waals surface area contributed by atoms with Gasteiger partial charge in [-0.05, 0) is 18.6 Å². The van der Waals surface area contributed by atoms with Crippen molar-refractivity contribution in [1.29, 1.82) is 0 Å². The van der Waals surface area contributed by atoms with Crippen LogP contribution in [0.15, 0.2) is 29.9 Å². The quantitative estimate of drug-likeness (QED) is 0.792. The number of rotatable bonds is 4. The Morgan fingerprint density at radius 1 is 1.45 bits per heavy atom. The zero-order valence-electron chi connectivity index (χ0n) is 10.9. The maximum absolute atomic E-state index is 12.2. The van der Waals surface area contributed by atoms with E-state index in [1.165, 1.54) is 10.8 Å². The van der Waals surface area contributed by atoms with Crippen LogP contribution in [0.5, 0.6) is 0 Å². The number of aryl methyl sites for hydroxylation is 1. The van der Waals surface area contributed by atoms with E-state index in [2.05, 4.69) is 27.3 Å². The lowest BCUT2D eigenvalue weighted by Crippen LogP contribution is -2.25. The second-order valence-corrected chi connectivity index (χ2v) is 5.15. The fourth-order valence-electron chi connectivity index (χ4n) is 1.86. The second kappa shape index (κ2) is 5.38. The third-order valence-corrected chi connectivity index (χ3v) is 3.79. The summed E-state index contributed by atoms with van der Waals surface area (Å²) in [6.45, 7) is 2.48. The molecule has 102 valence electrons. The average molecular weight is 287 g/mol. The van der Waals surface area contributed by atoms with Gasteiger partial charge in [0, 0.05) is 5.38 Å². The summed E-state index contributed by atoms with van der Waals surface area (Å²) in [6, 6.07) is 5.31. The number of thiazole rings is 1. The van der Waals surface area contributed by atoms with Gasteiger partial charge in [0.05, 0.1) is 12.2 Å². The van der Waals surface area contributed by atoms with E-state index in [4.69, 9.17) is 0 Å². The first-order valence-electron chi connectivity index (χ1n) is 6.28. The molecule has 0 aliphatic heterocycles. The Labute approximate surface area is 119 Å². The average Bonchev–Trinajstić information content (AvgIpc) is 3.12. The van der Waals surface area contributed by atoms with Gasteiger partial charge in [0.2, 0.25) is 0 Å². The molecule has 3 aromatic heterocycles. The third-order valence-electron chi connectivity index (χ3n) is 2.90. The molecule has 1 N–H and O–H groups in total. The Bertz CT molecular complexity index is 748. The van der Waals surface area contributed by atoms with E-state index in [1.807, 2.05) is 5.38 Å². The normalized spacial score (nSPS) is 10.8. The molecule has 0 aliphatic rings. The number of carbonyl (C=O) groups is 1. The van der Waals surface area contributed by atoms with Gasteiger partial charge in [-0.2, -0.15) is 5.10 Å². The van der Waals surface area contributed by atoms with Crippen LogP contribution in [-0.4, -0.2) is 25.5 Å². The summed E-state index contributed by atoms with van der Waals surface area (Å²) in [6.07, 6.45) is 2.34. The summed E-state index contributed by atoms with van der Waals surface area (Å²) in [4.78, 5) is 20.7. The molecule has 0 radical (unpaired) electrons. The predicted octanol–water partition coefficient (Wildman–Crippen LogP) is 1.68. The summed E-state index contributed by atoms with van der Waals surface area (Å²) >= 11 is 1.56. The van der Waals surface area contributed by atoms with Crippen molar-refractivity contribution in [2.24, 2.45) is 0 Å². The van der Waals surface area contributed by atoms with E-state index in [9.17, 15) is 4.79 Å². The topological polar surface area (TPSA) is 72.2 Å². The van der Waals surface area contributed by atoms with Gasteiger partial charge in [-0.3, -0.25) is 4.79 Å². The molecule has 0 saturated carbocycles. The Morgan fingerprint density at radius 2 is 2.35 bits per heavy atom. The van der Waals surface area contributed by atoms with Crippen molar-refractivity contribution >= 4 is 22.9 Å².